The molecule has 1 aromatic heterocycles. The fraction of sp³-hybridized carbons (Fsp3) is 0.250. The standard InChI is InChI=1S/C28H25ClFN3O2/c29-22-12-15-26(35-18-19-10-13-23(30)14-11-19)21(16-22)17-31-33-27(20-6-2-1-3-7-20)32-25-9-5-4-8-24(25)28(33)34/h4-5,8-17,20H,1-3,6-7,18H2. The Morgan fingerprint density at radius 3 is 2.63 bits per heavy atom. The van der Waals surface area contributed by atoms with Crippen LogP contribution < -0.4 is 10.3 Å². The SMILES string of the molecule is O=c1c2ccccc2nc(C2CCCCC2)n1N=Cc1cc(Cl)ccc1OCc1ccc(F)cc1. The van der Waals surface area contributed by atoms with Crippen molar-refractivity contribution in [2.75, 3.05) is 0 Å². The number of benzene rings is 3. The number of hydrogen-bond acceptors (Lipinski definition) is 4. The van der Waals surface area contributed by atoms with Gasteiger partial charge in [0.05, 0.1) is 17.1 Å². The highest BCUT2D eigenvalue weighted by atomic mass is 35.5. The van der Waals surface area contributed by atoms with Crippen molar-refractivity contribution < 1.29 is 9.13 Å². The highest BCUT2D eigenvalue weighted by Crippen LogP contribution is 2.32. The second kappa shape index (κ2) is 10.4. The van der Waals surface area contributed by atoms with Crippen LogP contribution in [0, 0.1) is 5.82 Å². The van der Waals surface area contributed by atoms with Crippen molar-refractivity contribution in [1.82, 2.24) is 9.66 Å². The van der Waals surface area contributed by atoms with Crippen LogP contribution in [-0.4, -0.2) is 15.9 Å². The van der Waals surface area contributed by atoms with Crippen LogP contribution >= 0.6 is 11.6 Å². The Morgan fingerprint density at radius 2 is 1.83 bits per heavy atom. The molecule has 178 valence electrons. The lowest BCUT2D eigenvalue weighted by molar-refractivity contribution is 0.305. The third kappa shape index (κ3) is 5.28. The monoisotopic (exact) mass is 489 g/mol. The van der Waals surface area contributed by atoms with E-state index >= 15 is 0 Å². The van der Waals surface area contributed by atoms with E-state index in [-0.39, 0.29) is 23.9 Å². The molecule has 0 aliphatic heterocycles. The van der Waals surface area contributed by atoms with Gasteiger partial charge in [-0.15, -0.1) is 0 Å². The van der Waals surface area contributed by atoms with Gasteiger partial charge in [0, 0.05) is 16.5 Å². The van der Waals surface area contributed by atoms with Crippen LogP contribution in [0.1, 0.15) is 55.0 Å². The number of nitrogens with zero attached hydrogens (tertiary/aromatic N) is 3. The fourth-order valence-electron chi connectivity index (χ4n) is 4.49. The Hall–Kier alpha value is -3.51. The quantitative estimate of drug-likeness (QED) is 0.283. The van der Waals surface area contributed by atoms with E-state index in [1.165, 1.54) is 23.2 Å². The summed E-state index contributed by atoms with van der Waals surface area (Å²) in [4.78, 5) is 18.3. The van der Waals surface area contributed by atoms with E-state index in [0.29, 0.717) is 33.1 Å². The molecule has 1 aliphatic rings. The number of para-hydroxylation sites is 1. The van der Waals surface area contributed by atoms with Gasteiger partial charge in [-0.3, -0.25) is 4.79 Å². The molecular formula is C28H25ClFN3O2. The minimum atomic E-state index is -0.295. The van der Waals surface area contributed by atoms with Crippen molar-refractivity contribution >= 4 is 28.7 Å². The third-order valence-corrected chi connectivity index (χ3v) is 6.58. The average molecular weight is 490 g/mol. The van der Waals surface area contributed by atoms with Crippen LogP contribution in [0.3, 0.4) is 0 Å². The van der Waals surface area contributed by atoms with Crippen LogP contribution in [0.25, 0.3) is 10.9 Å². The molecular weight excluding hydrogens is 465 g/mol. The molecule has 7 heteroatoms. The first-order valence-corrected chi connectivity index (χ1v) is 12.2. The molecule has 1 heterocycles. The molecule has 0 radical (unpaired) electrons. The summed E-state index contributed by atoms with van der Waals surface area (Å²) in [5, 5.41) is 5.65. The maximum Gasteiger partial charge on any atom is 0.282 e. The Morgan fingerprint density at radius 1 is 1.06 bits per heavy atom. The second-order valence-corrected chi connectivity index (χ2v) is 9.22. The van der Waals surface area contributed by atoms with E-state index in [1.54, 1.807) is 42.6 Å². The van der Waals surface area contributed by atoms with Crippen molar-refractivity contribution in [3.63, 3.8) is 0 Å². The summed E-state index contributed by atoms with van der Waals surface area (Å²) in [6.45, 7) is 0.257. The molecule has 3 aromatic carbocycles. The Bertz CT molecular complexity index is 1430. The summed E-state index contributed by atoms with van der Waals surface area (Å²) >= 11 is 6.26. The van der Waals surface area contributed by atoms with Crippen molar-refractivity contribution in [2.24, 2.45) is 5.10 Å². The smallest absolute Gasteiger partial charge is 0.282 e. The molecule has 5 rings (SSSR count). The molecule has 0 unspecified atom stereocenters. The minimum absolute atomic E-state index is 0.187. The molecule has 0 saturated heterocycles. The van der Waals surface area contributed by atoms with E-state index in [2.05, 4.69) is 5.10 Å². The first-order chi connectivity index (χ1) is 17.1. The predicted octanol–water partition coefficient (Wildman–Crippen LogP) is 6.70. The number of rotatable bonds is 6. The van der Waals surface area contributed by atoms with E-state index in [4.69, 9.17) is 21.3 Å². The van der Waals surface area contributed by atoms with E-state index in [0.717, 1.165) is 31.2 Å². The van der Waals surface area contributed by atoms with Gasteiger partial charge in [0.1, 0.15) is 24.0 Å². The summed E-state index contributed by atoms with van der Waals surface area (Å²) < 4.78 is 20.6. The molecule has 35 heavy (non-hydrogen) atoms. The zero-order valence-corrected chi connectivity index (χ0v) is 19.9. The zero-order chi connectivity index (χ0) is 24.2. The van der Waals surface area contributed by atoms with Gasteiger partial charge < -0.3 is 4.74 Å². The van der Waals surface area contributed by atoms with Gasteiger partial charge in [-0.1, -0.05) is 55.1 Å². The van der Waals surface area contributed by atoms with Gasteiger partial charge in [-0.05, 0) is 60.9 Å². The first-order valence-electron chi connectivity index (χ1n) is 11.8. The molecule has 1 fully saturated rings. The van der Waals surface area contributed by atoms with Crippen molar-refractivity contribution in [3.05, 3.63) is 105 Å². The molecule has 0 N–H and O–H groups in total. The Labute approximate surface area is 207 Å². The molecule has 0 spiro atoms. The minimum Gasteiger partial charge on any atom is -0.488 e. The molecule has 0 amide bonds. The molecule has 1 aliphatic carbocycles. The fourth-order valence-corrected chi connectivity index (χ4v) is 4.67. The van der Waals surface area contributed by atoms with Crippen molar-refractivity contribution in [3.8, 4) is 5.75 Å². The third-order valence-electron chi connectivity index (χ3n) is 6.34. The van der Waals surface area contributed by atoms with Gasteiger partial charge in [-0.25, -0.2) is 9.37 Å². The van der Waals surface area contributed by atoms with E-state index < -0.39 is 0 Å². The molecule has 0 atom stereocenters. The van der Waals surface area contributed by atoms with E-state index in [1.807, 2.05) is 18.2 Å². The average Bonchev–Trinajstić information content (AvgIpc) is 2.89. The van der Waals surface area contributed by atoms with Crippen LogP contribution in [-0.2, 0) is 6.61 Å². The van der Waals surface area contributed by atoms with Gasteiger partial charge in [-0.2, -0.15) is 9.78 Å². The van der Waals surface area contributed by atoms with Gasteiger partial charge >= 0.3 is 0 Å². The number of aromatic nitrogens is 2. The topological polar surface area (TPSA) is 56.5 Å². The van der Waals surface area contributed by atoms with Crippen LogP contribution in [0.2, 0.25) is 5.02 Å². The second-order valence-electron chi connectivity index (χ2n) is 8.78. The summed E-state index contributed by atoms with van der Waals surface area (Å²) in [5.41, 5.74) is 1.96. The summed E-state index contributed by atoms with van der Waals surface area (Å²) in [6.07, 6.45) is 7.01. The van der Waals surface area contributed by atoms with Crippen molar-refractivity contribution in [1.29, 1.82) is 0 Å². The highest BCUT2D eigenvalue weighted by molar-refractivity contribution is 6.30. The van der Waals surface area contributed by atoms with E-state index in [9.17, 15) is 9.18 Å². The molecule has 0 bridgehead atoms. The maximum absolute atomic E-state index is 13.4. The zero-order valence-electron chi connectivity index (χ0n) is 19.2. The van der Waals surface area contributed by atoms with Gasteiger partial charge in [0.15, 0.2) is 0 Å². The lowest BCUT2D eigenvalue weighted by Gasteiger charge is -2.22. The van der Waals surface area contributed by atoms with Crippen LogP contribution in [0.15, 0.2) is 76.6 Å². The summed E-state index contributed by atoms with van der Waals surface area (Å²) in [6, 6.07) is 18.8. The first kappa shape index (κ1) is 23.2. The maximum atomic E-state index is 13.4. The number of halogens is 2. The molecule has 5 nitrogen and oxygen atoms in total. The molecule has 4 aromatic rings. The Balaban J connectivity index is 1.51. The lowest BCUT2D eigenvalue weighted by atomic mass is 9.88. The summed E-state index contributed by atoms with van der Waals surface area (Å²) in [7, 11) is 0. The predicted molar refractivity (Wildman–Crippen MR) is 137 cm³/mol. The van der Waals surface area contributed by atoms with Gasteiger partial charge in [0.25, 0.3) is 5.56 Å². The van der Waals surface area contributed by atoms with Crippen LogP contribution in [0.4, 0.5) is 4.39 Å². The highest BCUT2D eigenvalue weighted by Gasteiger charge is 2.22. The summed E-state index contributed by atoms with van der Waals surface area (Å²) in [5.74, 6) is 1.15. The van der Waals surface area contributed by atoms with Gasteiger partial charge in [0.2, 0.25) is 0 Å². The number of hydrogen-bond donors (Lipinski definition) is 0. The van der Waals surface area contributed by atoms with Crippen LogP contribution in [0.5, 0.6) is 5.75 Å². The van der Waals surface area contributed by atoms with Crippen molar-refractivity contribution in [2.45, 2.75) is 44.6 Å². The lowest BCUT2D eigenvalue weighted by Crippen LogP contribution is -2.25. The number of fused-ring (bicyclic) bond motifs is 1. The number of ether oxygens (including phenoxy) is 1. The normalized spacial score (nSPS) is 14.6. The Kier molecular flexibility index (Phi) is 6.91. The largest absolute Gasteiger partial charge is 0.488 e. The molecule has 1 saturated carbocycles.